The van der Waals surface area contributed by atoms with E-state index >= 15 is 0 Å². The zero-order valence-electron chi connectivity index (χ0n) is 27.1. The minimum Gasteiger partial charge on any atom is -1.00 e. The number of alkyl halides is 3. The van der Waals surface area contributed by atoms with E-state index in [1.54, 1.807) is 6.07 Å². The van der Waals surface area contributed by atoms with Gasteiger partial charge in [-0.1, -0.05) is 76.9 Å². The molecule has 0 atom stereocenters. The maximum absolute atomic E-state index is 12.6. The van der Waals surface area contributed by atoms with E-state index in [0.717, 1.165) is 45.5 Å². The van der Waals surface area contributed by atoms with Crippen molar-refractivity contribution < 1.29 is 62.2 Å². The number of hydrogen-bond donors (Lipinski definition) is 0. The quantitative estimate of drug-likeness (QED) is 0.212. The third kappa shape index (κ3) is 10.4. The Morgan fingerprint density at radius 2 is 1.17 bits per heavy atom. The van der Waals surface area contributed by atoms with E-state index in [9.17, 15) is 13.2 Å². The smallest absolute Gasteiger partial charge is 0.109 e. The van der Waals surface area contributed by atoms with E-state index in [1.165, 1.54) is 44.8 Å². The van der Waals surface area contributed by atoms with Gasteiger partial charge < -0.3 is 24.8 Å². The van der Waals surface area contributed by atoms with Crippen LogP contribution in [0.2, 0.25) is 0 Å². The molecule has 0 fully saturated rings. The van der Waals surface area contributed by atoms with Crippen LogP contribution < -0.4 is 24.8 Å². The summed E-state index contributed by atoms with van der Waals surface area (Å²) in [6, 6.07) is 31.1. The van der Waals surface area contributed by atoms with Gasteiger partial charge in [0, 0.05) is 0 Å². The van der Waals surface area contributed by atoms with E-state index in [-0.39, 0.29) is 35.6 Å². The Hall–Kier alpha value is -2.65. The molecule has 0 spiro atoms. The fourth-order valence-electron chi connectivity index (χ4n) is 4.92. The number of allylic oxidation sites excluding steroid dienone is 4. The third-order valence-electron chi connectivity index (χ3n) is 7.56. The molecule has 0 aromatic heterocycles. The molecule has 0 saturated carbocycles. The Morgan fingerprint density at radius 3 is 1.59 bits per heavy atom. The minimum atomic E-state index is -4.29. The summed E-state index contributed by atoms with van der Waals surface area (Å²) in [5, 5.41) is 5.48. The summed E-state index contributed by atoms with van der Waals surface area (Å²) in [6.07, 6.45) is 5.71. The standard InChI is InChI=1S/C21H25.C14H9F3.C5H5.2ClH.Zr/c1-20(2,3)16-7-9-18-14(12-16)11-15-13-17(21(4,5)6)8-10-19(15)18;15-14(16,17)13-8-4-7-12(10-13)9-11-5-2-1-3-6-11;1-2-4-5-3-1;;;/h7-13H,1-6H3;1-8,10H;1-3H,4H2;2*1H;/q-1;;-1;;;+2/p-2. The van der Waals surface area contributed by atoms with Crippen molar-refractivity contribution in [2.24, 2.45) is 0 Å². The number of hydrogen-bond acceptors (Lipinski definition) is 0. The second kappa shape index (κ2) is 16.5. The van der Waals surface area contributed by atoms with Gasteiger partial charge in [0.25, 0.3) is 0 Å². The van der Waals surface area contributed by atoms with Crippen molar-refractivity contribution >= 4 is 24.8 Å². The molecule has 0 unspecified atom stereocenters. The summed E-state index contributed by atoms with van der Waals surface area (Å²) in [5.74, 6) is 0. The van der Waals surface area contributed by atoms with Gasteiger partial charge >= 0.3 is 118 Å². The van der Waals surface area contributed by atoms with Crippen LogP contribution in [-0.4, -0.2) is 3.21 Å². The molecule has 0 amide bonds. The maximum Gasteiger partial charge on any atom is -0.109 e. The molecule has 240 valence electrons. The summed E-state index contributed by atoms with van der Waals surface area (Å²) < 4.78 is 38.8. The molecule has 46 heavy (non-hydrogen) atoms. The van der Waals surface area contributed by atoms with Crippen molar-refractivity contribution in [3.63, 3.8) is 0 Å². The van der Waals surface area contributed by atoms with Crippen LogP contribution in [0, 0.1) is 6.08 Å². The molecule has 0 radical (unpaired) electrons. The fourth-order valence-corrected chi connectivity index (χ4v) is 5.71. The van der Waals surface area contributed by atoms with Gasteiger partial charge in [0.1, 0.15) is 0 Å². The monoisotopic (exact) mass is 736 g/mol. The van der Waals surface area contributed by atoms with E-state index in [4.69, 9.17) is 0 Å². The largest absolute Gasteiger partial charge is 1.00 e. The van der Waals surface area contributed by atoms with Gasteiger partial charge in [-0.3, -0.25) is 6.08 Å². The van der Waals surface area contributed by atoms with E-state index in [0.29, 0.717) is 5.56 Å². The first kappa shape index (κ1) is 39.5. The van der Waals surface area contributed by atoms with E-state index < -0.39 is 11.7 Å². The average molecular weight is 739 g/mol. The van der Waals surface area contributed by atoms with Crippen LogP contribution in [0.3, 0.4) is 0 Å². The molecule has 0 saturated heterocycles. The Morgan fingerprint density at radius 1 is 0.652 bits per heavy atom. The van der Waals surface area contributed by atoms with Crippen LogP contribution in [0.4, 0.5) is 13.2 Å². The number of rotatable bonds is 2. The summed E-state index contributed by atoms with van der Waals surface area (Å²) in [7, 11) is 0. The summed E-state index contributed by atoms with van der Waals surface area (Å²) in [5.41, 5.74) is 4.21. The van der Waals surface area contributed by atoms with Crippen molar-refractivity contribution in [3.8, 4) is 0 Å². The molecule has 0 heterocycles. The van der Waals surface area contributed by atoms with Crippen LogP contribution in [0.1, 0.15) is 75.8 Å². The summed E-state index contributed by atoms with van der Waals surface area (Å²) in [4.78, 5) is 0. The molecule has 5 aromatic carbocycles. The molecular formula is C40H39Cl2F3Zr-2. The van der Waals surface area contributed by atoms with Crippen molar-refractivity contribution in [3.05, 3.63) is 149 Å². The van der Waals surface area contributed by atoms with Crippen molar-refractivity contribution in [1.82, 2.24) is 0 Å². The fraction of sp³-hybridized carbons (Fsp3) is 0.250. The molecule has 0 N–H and O–H groups in total. The summed E-state index contributed by atoms with van der Waals surface area (Å²) in [6.45, 7) is 13.6. The van der Waals surface area contributed by atoms with E-state index in [2.05, 4.69) is 96.2 Å². The van der Waals surface area contributed by atoms with Crippen LogP contribution in [0.5, 0.6) is 0 Å². The Bertz CT molecular complexity index is 1720. The predicted octanol–water partition coefficient (Wildman–Crippen LogP) is 5.44. The topological polar surface area (TPSA) is 0 Å². The van der Waals surface area contributed by atoms with Crippen LogP contribution >= 0.6 is 0 Å². The second-order valence-corrected chi connectivity index (χ2v) is 14.3. The average Bonchev–Trinajstić information content (AvgIpc) is 3.68. The minimum absolute atomic E-state index is 0. The Kier molecular flexibility index (Phi) is 14.1. The van der Waals surface area contributed by atoms with Gasteiger partial charge in [-0.15, -0.1) is 46.2 Å². The number of halogens is 5. The molecule has 1 aliphatic rings. The molecule has 6 heteroatoms. The Labute approximate surface area is 299 Å². The molecular weight excluding hydrogens is 700 g/mol. The van der Waals surface area contributed by atoms with Gasteiger partial charge in [-0.2, -0.15) is 6.08 Å². The van der Waals surface area contributed by atoms with Gasteiger partial charge in [0.2, 0.25) is 0 Å². The number of benzene rings is 4. The molecule has 6 rings (SSSR count). The van der Waals surface area contributed by atoms with Crippen LogP contribution in [-0.2, 0) is 41.2 Å². The second-order valence-electron chi connectivity index (χ2n) is 13.1. The zero-order chi connectivity index (χ0) is 32.1. The molecule has 0 aliphatic heterocycles. The van der Waals surface area contributed by atoms with Crippen molar-refractivity contribution in [2.45, 2.75) is 65.0 Å². The van der Waals surface area contributed by atoms with Crippen LogP contribution in [0.15, 0.2) is 115 Å². The van der Waals surface area contributed by atoms with Crippen LogP contribution in [0.25, 0.3) is 21.5 Å². The van der Waals surface area contributed by atoms with E-state index in [1.807, 2.05) is 42.5 Å². The van der Waals surface area contributed by atoms with Gasteiger partial charge in [-0.25, -0.2) is 12.2 Å². The van der Waals surface area contributed by atoms with Gasteiger partial charge in [0.15, 0.2) is 0 Å². The SMILES string of the molecule is CC(C)(C)c1ccc2c(c1)[cH-]c1cc(C(C)(C)C)ccc12.FC(F)(F)c1cccc([C](=[Zr+2])c2ccccc2)c1.[C-]1=CC=CC1.[Cl-].[Cl-]. The third-order valence-corrected chi connectivity index (χ3v) is 8.98. The van der Waals surface area contributed by atoms with Crippen molar-refractivity contribution in [2.75, 3.05) is 0 Å². The van der Waals surface area contributed by atoms with Crippen molar-refractivity contribution in [1.29, 1.82) is 0 Å². The first-order valence-corrected chi connectivity index (χ1v) is 16.0. The normalized spacial score (nSPS) is 12.4. The number of fused-ring (bicyclic) bond motifs is 3. The maximum atomic E-state index is 12.6. The molecule has 1 aliphatic carbocycles. The van der Waals surface area contributed by atoms with Gasteiger partial charge in [-0.05, 0) is 10.8 Å². The summed E-state index contributed by atoms with van der Waals surface area (Å²) >= 11 is 1.09. The predicted molar refractivity (Wildman–Crippen MR) is 177 cm³/mol. The first-order valence-electron chi connectivity index (χ1n) is 14.8. The molecule has 5 aromatic rings. The molecule has 0 bridgehead atoms. The van der Waals surface area contributed by atoms with Gasteiger partial charge in [0.05, 0.1) is 0 Å². The molecule has 0 nitrogen and oxygen atoms in total. The first-order chi connectivity index (χ1) is 20.6. The zero-order valence-corrected chi connectivity index (χ0v) is 31.0. The Balaban J connectivity index is 0.000000270.